The number of rotatable bonds is 0. The van der Waals surface area contributed by atoms with Gasteiger partial charge in [0.05, 0.1) is 0 Å². The van der Waals surface area contributed by atoms with Gasteiger partial charge in [-0.15, -0.1) is 0 Å². The van der Waals surface area contributed by atoms with Crippen LogP contribution in [0.1, 0.15) is 0 Å². The van der Waals surface area contributed by atoms with E-state index in [1.54, 1.807) is 18.0 Å². The molecule has 0 unspecified atom stereocenters. The first kappa shape index (κ1) is 15.6. The number of hydrogen-bond acceptors (Lipinski definition) is 2. The second-order valence-electron chi connectivity index (χ2n) is 0.408. The Labute approximate surface area is 72.2 Å². The van der Waals surface area contributed by atoms with Crippen molar-refractivity contribution < 1.29 is 0 Å². The van der Waals surface area contributed by atoms with E-state index in [0.717, 1.165) is 0 Å². The van der Waals surface area contributed by atoms with E-state index in [-0.39, 0.29) is 29.6 Å². The van der Waals surface area contributed by atoms with Crippen molar-refractivity contribution in [1.82, 2.24) is 0 Å². The molecule has 36 valence electrons. The first-order chi connectivity index (χ1) is 2.41. The van der Waals surface area contributed by atoms with Crippen molar-refractivity contribution in [2.75, 3.05) is 18.8 Å². The molecule has 3 heteroatoms. The average molecular weight is 134 g/mol. The Morgan fingerprint density at radius 1 is 1.17 bits per heavy atom. The fourth-order valence-corrected chi connectivity index (χ4v) is 0. The number of thiol groups is 1. The second kappa shape index (κ2) is 29.9. The molecule has 0 amide bonds. The van der Waals surface area contributed by atoms with E-state index in [9.17, 15) is 0 Å². The maximum atomic E-state index is 3.53. The molecule has 0 rings (SSSR count). The predicted octanol–water partition coefficient (Wildman–Crippen LogP) is 0.877. The molecule has 0 aromatic rings. The van der Waals surface area contributed by atoms with Gasteiger partial charge < -0.3 is 0 Å². The van der Waals surface area contributed by atoms with Crippen LogP contribution in [0.2, 0.25) is 0 Å². The van der Waals surface area contributed by atoms with Crippen LogP contribution in [0.5, 0.6) is 0 Å². The van der Waals surface area contributed by atoms with E-state index in [4.69, 9.17) is 0 Å². The molecule has 0 heterocycles. The number of thioether (sulfide) groups is 1. The Kier molecular flexibility index (Phi) is 77.9. The first-order valence-corrected chi connectivity index (χ1v) is 3.79. The maximum absolute atomic E-state index is 3.53. The van der Waals surface area contributed by atoms with Crippen molar-refractivity contribution in [2.24, 2.45) is 0 Å². The van der Waals surface area contributed by atoms with Gasteiger partial charge in [-0.25, -0.2) is 0 Å². The predicted molar refractivity (Wildman–Crippen MR) is 41.5 cm³/mol. The van der Waals surface area contributed by atoms with Crippen LogP contribution in [-0.4, -0.2) is 48.3 Å². The summed E-state index contributed by atoms with van der Waals surface area (Å²) >= 11 is 5.28. The van der Waals surface area contributed by atoms with Crippen molar-refractivity contribution in [2.45, 2.75) is 0 Å². The molecule has 0 spiro atoms. The van der Waals surface area contributed by atoms with Gasteiger partial charge in [-0.3, -0.25) is 0 Å². The normalized spacial score (nSPS) is 4.00. The van der Waals surface area contributed by atoms with Gasteiger partial charge in [-0.05, 0) is 18.8 Å². The third-order valence-corrected chi connectivity index (χ3v) is 0. The molecule has 0 aliphatic rings. The quantitative estimate of drug-likeness (QED) is 0.379. The summed E-state index contributed by atoms with van der Waals surface area (Å²) in [5.41, 5.74) is 0. The summed E-state index contributed by atoms with van der Waals surface area (Å²) in [6, 6.07) is 0. The standard InChI is InChI=1S/C2H6S.CH4S.Na.H/c1-3-2;1-2;;/h1-2H3;2H,1H3;;. The van der Waals surface area contributed by atoms with Crippen molar-refractivity contribution >= 4 is 53.9 Å². The Bertz CT molecular complexity index is 8.75. The molecule has 0 nitrogen and oxygen atoms in total. The molecule has 0 fully saturated rings. The molecule has 0 saturated heterocycles. The molecule has 0 atom stereocenters. The van der Waals surface area contributed by atoms with Gasteiger partial charge in [0.15, 0.2) is 0 Å². The summed E-state index contributed by atoms with van der Waals surface area (Å²) < 4.78 is 0. The van der Waals surface area contributed by atoms with E-state index in [1.807, 2.05) is 12.5 Å². The van der Waals surface area contributed by atoms with E-state index >= 15 is 0 Å². The van der Waals surface area contributed by atoms with Gasteiger partial charge in [-0.1, -0.05) is 0 Å². The van der Waals surface area contributed by atoms with Crippen LogP contribution in [0.25, 0.3) is 0 Å². The van der Waals surface area contributed by atoms with E-state index < -0.39 is 0 Å². The van der Waals surface area contributed by atoms with Gasteiger partial charge in [0.25, 0.3) is 0 Å². The summed E-state index contributed by atoms with van der Waals surface area (Å²) in [6.07, 6.45) is 5.78. The van der Waals surface area contributed by atoms with Crippen molar-refractivity contribution in [3.05, 3.63) is 0 Å². The third-order valence-electron chi connectivity index (χ3n) is 0. The van der Waals surface area contributed by atoms with Crippen molar-refractivity contribution in [1.29, 1.82) is 0 Å². The Hall–Kier alpha value is 1.70. The van der Waals surface area contributed by atoms with Crippen LogP contribution in [-0.2, 0) is 0 Å². The Morgan fingerprint density at radius 2 is 1.17 bits per heavy atom. The molecule has 0 N–H and O–H groups in total. The number of hydrogen-bond donors (Lipinski definition) is 1. The molecular formula is C3H11NaS2. The molecule has 6 heavy (non-hydrogen) atoms. The van der Waals surface area contributed by atoms with Gasteiger partial charge >= 0.3 is 29.6 Å². The van der Waals surface area contributed by atoms with Crippen LogP contribution in [0.4, 0.5) is 0 Å². The van der Waals surface area contributed by atoms with Gasteiger partial charge in [0.1, 0.15) is 0 Å². The van der Waals surface area contributed by atoms with E-state index in [2.05, 4.69) is 12.6 Å². The van der Waals surface area contributed by atoms with Crippen LogP contribution < -0.4 is 0 Å². The molecule has 0 aliphatic heterocycles. The summed E-state index contributed by atoms with van der Waals surface area (Å²) in [6.45, 7) is 0. The molecule has 0 aromatic heterocycles. The molecular weight excluding hydrogens is 123 g/mol. The van der Waals surface area contributed by atoms with Crippen molar-refractivity contribution in [3.8, 4) is 0 Å². The zero-order valence-corrected chi connectivity index (χ0v) is 5.57. The fraction of sp³-hybridized carbons (Fsp3) is 1.00. The average Bonchev–Trinajstić information content (AvgIpc) is 1.46. The SMILES string of the molecule is CS.CSC.[NaH]. The zero-order chi connectivity index (χ0) is 4.71. The summed E-state index contributed by atoms with van der Waals surface area (Å²) in [5, 5.41) is 0. The zero-order valence-electron chi connectivity index (χ0n) is 3.86. The fourth-order valence-electron chi connectivity index (χ4n) is 0. The molecule has 0 aliphatic carbocycles. The first-order valence-electron chi connectivity index (χ1n) is 1.26. The molecule has 0 bridgehead atoms. The monoisotopic (exact) mass is 134 g/mol. The minimum atomic E-state index is 0. The van der Waals surface area contributed by atoms with E-state index in [1.165, 1.54) is 0 Å². The third kappa shape index (κ3) is 43.6. The molecule has 0 aromatic carbocycles. The van der Waals surface area contributed by atoms with Crippen LogP contribution >= 0.6 is 24.4 Å². The van der Waals surface area contributed by atoms with Gasteiger partial charge in [-0.2, -0.15) is 24.4 Å². The Morgan fingerprint density at radius 3 is 1.17 bits per heavy atom. The minimum absolute atomic E-state index is 0. The van der Waals surface area contributed by atoms with Crippen LogP contribution in [0, 0.1) is 0 Å². The topological polar surface area (TPSA) is 0 Å². The van der Waals surface area contributed by atoms with Crippen molar-refractivity contribution in [3.63, 3.8) is 0 Å². The molecule has 0 radical (unpaired) electrons. The van der Waals surface area contributed by atoms with Gasteiger partial charge in [0.2, 0.25) is 0 Å². The van der Waals surface area contributed by atoms with E-state index in [0.29, 0.717) is 0 Å². The summed E-state index contributed by atoms with van der Waals surface area (Å²) in [4.78, 5) is 0. The summed E-state index contributed by atoms with van der Waals surface area (Å²) in [5.74, 6) is 0. The Balaban J connectivity index is -0.0000000275. The van der Waals surface area contributed by atoms with Gasteiger partial charge in [0, 0.05) is 0 Å². The van der Waals surface area contributed by atoms with Crippen LogP contribution in [0.15, 0.2) is 0 Å². The second-order valence-corrected chi connectivity index (χ2v) is 1.22. The molecule has 0 saturated carbocycles. The summed E-state index contributed by atoms with van der Waals surface area (Å²) in [7, 11) is 0. The van der Waals surface area contributed by atoms with Crippen LogP contribution in [0.3, 0.4) is 0 Å².